The van der Waals surface area contributed by atoms with Gasteiger partial charge in [-0.25, -0.2) is 4.98 Å². The number of carbonyl (C=O) groups is 4. The minimum absolute atomic E-state index is 0.0899. The molecule has 1 unspecified atom stereocenters. The highest BCUT2D eigenvalue weighted by Gasteiger charge is 2.45. The van der Waals surface area contributed by atoms with E-state index < -0.39 is 29.7 Å². The fourth-order valence-electron chi connectivity index (χ4n) is 8.54. The van der Waals surface area contributed by atoms with Crippen molar-refractivity contribution in [3.63, 3.8) is 0 Å². The van der Waals surface area contributed by atoms with E-state index in [1.807, 2.05) is 18.2 Å². The third-order valence-corrected chi connectivity index (χ3v) is 11.6. The number of aromatic nitrogens is 3. The van der Waals surface area contributed by atoms with Crippen molar-refractivity contribution in [2.75, 3.05) is 63.9 Å². The molecule has 53 heavy (non-hydrogen) atoms. The lowest BCUT2D eigenvalue weighted by molar-refractivity contribution is -0.136. The van der Waals surface area contributed by atoms with E-state index in [-0.39, 0.29) is 24.0 Å². The summed E-state index contributed by atoms with van der Waals surface area (Å²) in [6.07, 6.45) is 7.29. The van der Waals surface area contributed by atoms with E-state index in [1.54, 1.807) is 18.2 Å². The molecular weight excluding hydrogens is 676 g/mol. The number of ether oxygens (including phenoxy) is 2. The van der Waals surface area contributed by atoms with Gasteiger partial charge in [-0.3, -0.25) is 38.7 Å². The summed E-state index contributed by atoms with van der Waals surface area (Å²) in [5.74, 6) is 0.878. The standard InChI is InChI=1S/C39H44N8O6/c48-35-8-7-33(36(49)42-35)47-37(50)29-6-5-27(23-30(29)38(47)51)52-20-19-43-15-17-44(18-16-43)24-25-21-28(22-25)53-26-9-12-45(13-10-26)34-11-14-46-32-4-2-1-3-31(32)40-39(46)41-34/h1-6,11,14,23,25-26,28,33H,7-10,12-13,15-22,24H2,(H,42,48,49). The van der Waals surface area contributed by atoms with Gasteiger partial charge in [-0.1, -0.05) is 12.1 Å². The number of hydrogen-bond acceptors (Lipinski definition) is 11. The molecule has 14 heteroatoms. The van der Waals surface area contributed by atoms with Crippen LogP contribution in [0.25, 0.3) is 16.8 Å². The lowest BCUT2D eigenvalue weighted by atomic mass is 9.81. The van der Waals surface area contributed by atoms with Crippen LogP contribution in [0, 0.1) is 5.92 Å². The van der Waals surface area contributed by atoms with Gasteiger partial charge < -0.3 is 19.3 Å². The average Bonchev–Trinajstić information content (AvgIpc) is 3.65. The quantitative estimate of drug-likeness (QED) is 0.242. The van der Waals surface area contributed by atoms with E-state index in [1.165, 1.54) is 0 Å². The zero-order valence-electron chi connectivity index (χ0n) is 29.7. The number of fused-ring (bicyclic) bond motifs is 4. The first-order valence-electron chi connectivity index (χ1n) is 18.9. The number of nitrogens with one attached hydrogen (secondary N) is 1. The van der Waals surface area contributed by atoms with E-state index in [2.05, 4.69) is 42.7 Å². The average molecular weight is 721 g/mol. The number of piperazine rings is 1. The molecule has 0 spiro atoms. The molecule has 2 aromatic carbocycles. The molecule has 1 saturated carbocycles. The number of para-hydroxylation sites is 2. The number of amides is 4. The van der Waals surface area contributed by atoms with Crippen molar-refractivity contribution in [1.29, 1.82) is 0 Å². The molecule has 6 heterocycles. The first-order chi connectivity index (χ1) is 25.9. The van der Waals surface area contributed by atoms with Gasteiger partial charge in [-0.2, -0.15) is 4.98 Å². The van der Waals surface area contributed by atoms with Crippen LogP contribution in [0.1, 0.15) is 59.2 Å². The number of rotatable bonds is 10. The molecule has 0 radical (unpaired) electrons. The molecule has 5 aliphatic rings. The van der Waals surface area contributed by atoms with Crippen LogP contribution < -0.4 is 15.0 Å². The molecule has 4 fully saturated rings. The zero-order valence-corrected chi connectivity index (χ0v) is 29.7. The van der Waals surface area contributed by atoms with Gasteiger partial charge >= 0.3 is 0 Å². The lowest BCUT2D eigenvalue weighted by Crippen LogP contribution is -2.54. The predicted molar refractivity (Wildman–Crippen MR) is 195 cm³/mol. The smallest absolute Gasteiger partial charge is 0.262 e. The molecule has 0 bridgehead atoms. The SMILES string of the molecule is O=C1CCC(N2C(=O)c3ccc(OCCN4CCN(CC5CC(OC6CCN(c7ccn8c(n7)nc7ccccc78)CC6)C5)CC4)cc3C2=O)C(=O)N1. The van der Waals surface area contributed by atoms with Gasteiger partial charge in [0.15, 0.2) is 0 Å². The molecule has 4 aromatic rings. The van der Waals surface area contributed by atoms with Crippen LogP contribution in [0.15, 0.2) is 54.7 Å². The topological polar surface area (TPSA) is 142 Å². The number of imide groups is 2. The maximum absolute atomic E-state index is 13.1. The number of carbonyl (C=O) groups excluding carboxylic acids is 4. The molecule has 1 N–H and O–H groups in total. The van der Waals surface area contributed by atoms with Gasteiger partial charge in [0.2, 0.25) is 17.6 Å². The fraction of sp³-hybridized carbons (Fsp3) is 0.487. The predicted octanol–water partition coefficient (Wildman–Crippen LogP) is 2.74. The Kier molecular flexibility index (Phi) is 9.04. The molecule has 4 amide bonds. The molecule has 2 aromatic heterocycles. The van der Waals surface area contributed by atoms with Crippen LogP contribution in [-0.4, -0.2) is 130 Å². The highest BCUT2D eigenvalue weighted by molar-refractivity contribution is 6.23. The summed E-state index contributed by atoms with van der Waals surface area (Å²) in [6, 6.07) is 14.1. The summed E-state index contributed by atoms with van der Waals surface area (Å²) in [4.78, 5) is 67.8. The fourth-order valence-corrected chi connectivity index (χ4v) is 8.54. The second-order valence-corrected chi connectivity index (χ2v) is 15.0. The van der Waals surface area contributed by atoms with E-state index in [4.69, 9.17) is 19.4 Å². The van der Waals surface area contributed by atoms with Crippen molar-refractivity contribution >= 4 is 46.3 Å². The highest BCUT2D eigenvalue weighted by atomic mass is 16.5. The van der Waals surface area contributed by atoms with Crippen molar-refractivity contribution in [2.24, 2.45) is 5.92 Å². The molecule has 9 rings (SSSR count). The Morgan fingerprint density at radius 1 is 0.792 bits per heavy atom. The Bertz CT molecular complexity index is 2060. The number of benzene rings is 2. The summed E-state index contributed by atoms with van der Waals surface area (Å²) in [5, 5.41) is 2.22. The van der Waals surface area contributed by atoms with E-state index >= 15 is 0 Å². The number of hydrogen-bond donors (Lipinski definition) is 1. The minimum atomic E-state index is -0.979. The second kappa shape index (κ2) is 14.1. The number of imidazole rings is 1. The van der Waals surface area contributed by atoms with Crippen molar-refractivity contribution in [3.05, 3.63) is 65.9 Å². The summed E-state index contributed by atoms with van der Waals surface area (Å²) >= 11 is 0. The summed E-state index contributed by atoms with van der Waals surface area (Å²) in [6.45, 7) is 8.25. The molecular formula is C39H44N8O6. The van der Waals surface area contributed by atoms with Crippen molar-refractivity contribution in [1.82, 2.24) is 34.4 Å². The van der Waals surface area contributed by atoms with Gasteiger partial charge in [0, 0.05) is 65.0 Å². The van der Waals surface area contributed by atoms with Crippen LogP contribution in [0.4, 0.5) is 5.82 Å². The molecule has 276 valence electrons. The van der Waals surface area contributed by atoms with Gasteiger partial charge in [-0.15, -0.1) is 0 Å². The van der Waals surface area contributed by atoms with Crippen LogP contribution in [0.5, 0.6) is 5.75 Å². The lowest BCUT2D eigenvalue weighted by Gasteiger charge is -2.43. The highest BCUT2D eigenvalue weighted by Crippen LogP contribution is 2.34. The summed E-state index contributed by atoms with van der Waals surface area (Å²) in [7, 11) is 0. The van der Waals surface area contributed by atoms with Crippen LogP contribution in [0.3, 0.4) is 0 Å². The maximum Gasteiger partial charge on any atom is 0.262 e. The van der Waals surface area contributed by atoms with Crippen LogP contribution in [0.2, 0.25) is 0 Å². The van der Waals surface area contributed by atoms with Crippen LogP contribution in [-0.2, 0) is 14.3 Å². The van der Waals surface area contributed by atoms with E-state index in [0.717, 1.165) is 106 Å². The van der Waals surface area contributed by atoms with Crippen molar-refractivity contribution in [3.8, 4) is 5.75 Å². The summed E-state index contributed by atoms with van der Waals surface area (Å²) < 4.78 is 14.6. The number of piperidine rings is 2. The maximum atomic E-state index is 13.1. The second-order valence-electron chi connectivity index (χ2n) is 15.0. The molecule has 1 atom stereocenters. The van der Waals surface area contributed by atoms with Gasteiger partial charge in [-0.05, 0) is 74.4 Å². The Morgan fingerprint density at radius 2 is 1.57 bits per heavy atom. The molecule has 3 saturated heterocycles. The van der Waals surface area contributed by atoms with E-state index in [0.29, 0.717) is 30.5 Å². The molecule has 1 aliphatic carbocycles. The first kappa shape index (κ1) is 33.9. The van der Waals surface area contributed by atoms with Gasteiger partial charge in [0.05, 0.1) is 34.4 Å². The van der Waals surface area contributed by atoms with Crippen molar-refractivity contribution in [2.45, 2.75) is 56.8 Å². The normalized spacial score (nSPS) is 24.6. The Balaban J connectivity index is 0.665. The Hall–Kier alpha value is -4.92. The van der Waals surface area contributed by atoms with Gasteiger partial charge in [0.25, 0.3) is 11.8 Å². The Labute approximate surface area is 307 Å². The monoisotopic (exact) mass is 720 g/mol. The zero-order chi connectivity index (χ0) is 36.1. The Morgan fingerprint density at radius 3 is 2.38 bits per heavy atom. The first-order valence-corrected chi connectivity index (χ1v) is 18.9. The van der Waals surface area contributed by atoms with Crippen molar-refractivity contribution < 1.29 is 28.7 Å². The van der Waals surface area contributed by atoms with Gasteiger partial charge in [0.1, 0.15) is 24.2 Å². The minimum Gasteiger partial charge on any atom is -0.492 e. The molecule has 4 aliphatic heterocycles. The number of anilines is 1. The number of nitrogens with zero attached hydrogens (tertiary/aromatic N) is 7. The molecule has 14 nitrogen and oxygen atoms in total. The third kappa shape index (κ3) is 6.75. The largest absolute Gasteiger partial charge is 0.492 e. The van der Waals surface area contributed by atoms with E-state index in [9.17, 15) is 19.2 Å². The summed E-state index contributed by atoms with van der Waals surface area (Å²) in [5.41, 5.74) is 2.52. The van der Waals surface area contributed by atoms with Crippen LogP contribution >= 0.6 is 0 Å². The third-order valence-electron chi connectivity index (χ3n) is 11.6.